The lowest BCUT2D eigenvalue weighted by molar-refractivity contribution is -0.243. The molecule has 1 N–H and O–H groups in total. The molecule has 86 valence electrons. The largest absolute Gasteiger partial charge is 0.396 e. The van der Waals surface area contributed by atoms with Gasteiger partial charge in [-0.25, -0.2) is 0 Å². The van der Waals surface area contributed by atoms with Gasteiger partial charge in [-0.3, -0.25) is 0 Å². The summed E-state index contributed by atoms with van der Waals surface area (Å²) in [5, 5.41) is 8.98. The highest BCUT2D eigenvalue weighted by atomic mass is 32.1. The van der Waals surface area contributed by atoms with Gasteiger partial charge in [0.1, 0.15) is 0 Å². The molecule has 0 heterocycles. The van der Waals surface area contributed by atoms with E-state index in [1.54, 1.807) is 0 Å². The topological polar surface area (TPSA) is 38.7 Å². The molecule has 0 radical (unpaired) electrons. The van der Waals surface area contributed by atoms with Gasteiger partial charge in [0.25, 0.3) is 0 Å². The lowest BCUT2D eigenvalue weighted by Gasteiger charge is -2.32. The summed E-state index contributed by atoms with van der Waals surface area (Å²) in [5.41, 5.74) is 0. The minimum absolute atomic E-state index is 0.0899. The smallest absolute Gasteiger partial charge is 0.170 e. The van der Waals surface area contributed by atoms with E-state index in [9.17, 15) is 0 Å². The SMILES string of the molecule is CCOC(CCO)(CCCS)OCC. The standard InChI is InChI=1S/C10H22O3S/c1-3-12-10(7-8-11,13-4-2)6-5-9-14/h11,14H,3-9H2,1-2H3. The number of aliphatic hydroxyl groups is 1. The van der Waals surface area contributed by atoms with Crippen molar-refractivity contribution in [1.29, 1.82) is 0 Å². The molecule has 0 aromatic heterocycles. The molecule has 0 atom stereocenters. The van der Waals surface area contributed by atoms with Gasteiger partial charge < -0.3 is 14.6 Å². The summed E-state index contributed by atoms with van der Waals surface area (Å²) >= 11 is 4.16. The summed E-state index contributed by atoms with van der Waals surface area (Å²) in [4.78, 5) is 0. The van der Waals surface area contributed by atoms with Crippen LogP contribution < -0.4 is 0 Å². The third-order valence-corrected chi connectivity index (χ3v) is 2.34. The first-order valence-corrected chi connectivity index (χ1v) is 5.87. The molecule has 0 amide bonds. The summed E-state index contributed by atoms with van der Waals surface area (Å²) in [6.45, 7) is 5.17. The van der Waals surface area contributed by atoms with E-state index in [1.807, 2.05) is 13.8 Å². The van der Waals surface area contributed by atoms with E-state index in [1.165, 1.54) is 0 Å². The maximum Gasteiger partial charge on any atom is 0.170 e. The fraction of sp³-hybridized carbons (Fsp3) is 1.00. The number of hydrogen-bond donors (Lipinski definition) is 2. The quantitative estimate of drug-likeness (QED) is 0.462. The molecular weight excluding hydrogens is 200 g/mol. The van der Waals surface area contributed by atoms with E-state index in [4.69, 9.17) is 14.6 Å². The average molecular weight is 222 g/mol. The predicted octanol–water partition coefficient (Wildman–Crippen LogP) is 1.85. The Bertz CT molecular complexity index is 114. The minimum atomic E-state index is -0.596. The number of aliphatic hydroxyl groups excluding tert-OH is 1. The Morgan fingerprint density at radius 3 is 2.07 bits per heavy atom. The van der Waals surface area contributed by atoms with Gasteiger partial charge in [-0.2, -0.15) is 12.6 Å². The average Bonchev–Trinajstić information content (AvgIpc) is 2.16. The van der Waals surface area contributed by atoms with E-state index in [-0.39, 0.29) is 6.61 Å². The van der Waals surface area contributed by atoms with Crippen molar-refractivity contribution in [3.05, 3.63) is 0 Å². The normalized spacial score (nSPS) is 12.0. The number of rotatable bonds is 9. The fourth-order valence-corrected chi connectivity index (χ4v) is 1.66. The molecule has 4 heteroatoms. The van der Waals surface area contributed by atoms with Crippen LogP contribution in [0.15, 0.2) is 0 Å². The maximum absolute atomic E-state index is 8.98. The summed E-state index contributed by atoms with van der Waals surface area (Å²) in [7, 11) is 0. The van der Waals surface area contributed by atoms with Gasteiger partial charge in [0, 0.05) is 32.7 Å². The van der Waals surface area contributed by atoms with Crippen LogP contribution >= 0.6 is 12.6 Å². The zero-order valence-corrected chi connectivity index (χ0v) is 10.1. The second-order valence-corrected chi connectivity index (χ2v) is 3.52. The van der Waals surface area contributed by atoms with Crippen molar-refractivity contribution in [2.75, 3.05) is 25.6 Å². The summed E-state index contributed by atoms with van der Waals surface area (Å²) in [6.07, 6.45) is 2.25. The zero-order chi connectivity index (χ0) is 10.9. The van der Waals surface area contributed by atoms with Crippen LogP contribution in [0, 0.1) is 0 Å². The van der Waals surface area contributed by atoms with E-state index in [0.29, 0.717) is 19.6 Å². The Kier molecular flexibility index (Phi) is 8.67. The molecule has 3 nitrogen and oxygen atoms in total. The van der Waals surface area contributed by atoms with Crippen molar-refractivity contribution in [2.24, 2.45) is 0 Å². The Morgan fingerprint density at radius 2 is 1.71 bits per heavy atom. The molecule has 0 aliphatic rings. The van der Waals surface area contributed by atoms with Crippen molar-refractivity contribution < 1.29 is 14.6 Å². The van der Waals surface area contributed by atoms with Gasteiger partial charge >= 0.3 is 0 Å². The third-order valence-electron chi connectivity index (χ3n) is 2.02. The van der Waals surface area contributed by atoms with Gasteiger partial charge in [0.15, 0.2) is 5.79 Å². The number of hydrogen-bond acceptors (Lipinski definition) is 4. The van der Waals surface area contributed by atoms with Crippen LogP contribution in [0.2, 0.25) is 0 Å². The van der Waals surface area contributed by atoms with Gasteiger partial charge in [0.2, 0.25) is 0 Å². The molecule has 0 aliphatic heterocycles. The van der Waals surface area contributed by atoms with Crippen LogP contribution in [0.1, 0.15) is 33.1 Å². The van der Waals surface area contributed by atoms with Gasteiger partial charge in [0.05, 0.1) is 0 Å². The Morgan fingerprint density at radius 1 is 1.14 bits per heavy atom. The highest BCUT2D eigenvalue weighted by molar-refractivity contribution is 7.80. The highest BCUT2D eigenvalue weighted by Gasteiger charge is 2.29. The van der Waals surface area contributed by atoms with Crippen LogP contribution in [0.25, 0.3) is 0 Å². The van der Waals surface area contributed by atoms with E-state index in [0.717, 1.165) is 18.6 Å². The molecule has 0 aliphatic carbocycles. The van der Waals surface area contributed by atoms with E-state index < -0.39 is 5.79 Å². The second kappa shape index (κ2) is 8.53. The van der Waals surface area contributed by atoms with Crippen molar-refractivity contribution in [1.82, 2.24) is 0 Å². The first-order chi connectivity index (χ1) is 6.74. The molecule has 0 bridgehead atoms. The Balaban J connectivity index is 4.21. The summed E-state index contributed by atoms with van der Waals surface area (Å²) < 4.78 is 11.2. The molecule has 0 spiro atoms. The summed E-state index contributed by atoms with van der Waals surface area (Å²) in [6, 6.07) is 0. The zero-order valence-electron chi connectivity index (χ0n) is 9.16. The van der Waals surface area contributed by atoms with Crippen LogP contribution in [0.4, 0.5) is 0 Å². The molecule has 0 aromatic rings. The van der Waals surface area contributed by atoms with E-state index >= 15 is 0 Å². The molecule has 0 fully saturated rings. The highest BCUT2D eigenvalue weighted by Crippen LogP contribution is 2.24. The lowest BCUT2D eigenvalue weighted by atomic mass is 10.1. The van der Waals surface area contributed by atoms with Crippen LogP contribution in [-0.2, 0) is 9.47 Å². The van der Waals surface area contributed by atoms with E-state index in [2.05, 4.69) is 12.6 Å². The number of ether oxygens (including phenoxy) is 2. The maximum atomic E-state index is 8.98. The first kappa shape index (κ1) is 14.2. The molecule has 0 rings (SSSR count). The van der Waals surface area contributed by atoms with Crippen LogP contribution in [-0.4, -0.2) is 36.5 Å². The predicted molar refractivity (Wildman–Crippen MR) is 60.8 cm³/mol. The van der Waals surface area contributed by atoms with Crippen LogP contribution in [0.5, 0.6) is 0 Å². The van der Waals surface area contributed by atoms with Crippen molar-refractivity contribution in [2.45, 2.75) is 38.9 Å². The third kappa shape index (κ3) is 5.20. The second-order valence-electron chi connectivity index (χ2n) is 3.08. The Labute approximate surface area is 92.2 Å². The minimum Gasteiger partial charge on any atom is -0.396 e. The van der Waals surface area contributed by atoms with Crippen molar-refractivity contribution in [3.63, 3.8) is 0 Å². The molecule has 0 saturated heterocycles. The van der Waals surface area contributed by atoms with Gasteiger partial charge in [-0.15, -0.1) is 0 Å². The molecular formula is C10H22O3S. The van der Waals surface area contributed by atoms with Crippen LogP contribution in [0.3, 0.4) is 0 Å². The molecule has 0 unspecified atom stereocenters. The van der Waals surface area contributed by atoms with Crippen molar-refractivity contribution in [3.8, 4) is 0 Å². The van der Waals surface area contributed by atoms with Crippen molar-refractivity contribution >= 4 is 12.6 Å². The molecule has 14 heavy (non-hydrogen) atoms. The molecule has 0 aromatic carbocycles. The monoisotopic (exact) mass is 222 g/mol. The fourth-order valence-electron chi connectivity index (χ4n) is 1.50. The number of thiol groups is 1. The Hall–Kier alpha value is 0.230. The van der Waals surface area contributed by atoms with Gasteiger partial charge in [-0.05, 0) is 26.0 Å². The lowest BCUT2D eigenvalue weighted by Crippen LogP contribution is -2.37. The summed E-state index contributed by atoms with van der Waals surface area (Å²) in [5.74, 6) is 0.217. The molecule has 0 saturated carbocycles. The first-order valence-electron chi connectivity index (χ1n) is 5.24. The van der Waals surface area contributed by atoms with Gasteiger partial charge in [-0.1, -0.05) is 0 Å².